The van der Waals surface area contributed by atoms with Crippen molar-refractivity contribution >= 4 is 17.9 Å². The van der Waals surface area contributed by atoms with Crippen molar-refractivity contribution in [2.75, 3.05) is 0 Å². The fraction of sp³-hybridized carbons (Fsp3) is 0.0909. The number of rotatable bonds is 3. The van der Waals surface area contributed by atoms with Crippen LogP contribution in [0.5, 0.6) is 11.5 Å². The van der Waals surface area contributed by atoms with Gasteiger partial charge in [-0.05, 0) is 12.1 Å². The molecule has 1 aromatic carbocycles. The molecule has 2 rings (SSSR count). The molecule has 0 saturated heterocycles. The van der Waals surface area contributed by atoms with Crippen LogP contribution in [0.4, 0.5) is 0 Å². The first kappa shape index (κ1) is 10.7. The summed E-state index contributed by atoms with van der Waals surface area (Å²) in [6.07, 6.45) is 3.94. The number of hydrogen-bond donors (Lipinski definition) is 0. The Bertz CT molecular complexity index is 522. The molecule has 0 saturated carbocycles. The predicted molar refractivity (Wildman–Crippen MR) is 60.1 cm³/mol. The predicted octanol–water partition coefficient (Wildman–Crippen LogP) is 2.68. The second-order valence-corrected chi connectivity index (χ2v) is 3.63. The third kappa shape index (κ3) is 2.06. The zero-order valence-corrected chi connectivity index (χ0v) is 9.31. The van der Waals surface area contributed by atoms with Crippen molar-refractivity contribution < 1.29 is 9.53 Å². The molecule has 0 bridgehead atoms. The third-order valence-corrected chi connectivity index (χ3v) is 2.37. The van der Waals surface area contributed by atoms with Gasteiger partial charge >= 0.3 is 0 Å². The molecule has 0 amide bonds. The van der Waals surface area contributed by atoms with Gasteiger partial charge in [0, 0.05) is 7.05 Å². The van der Waals surface area contributed by atoms with Crippen molar-refractivity contribution in [3.05, 3.63) is 41.2 Å². The fourth-order valence-electron chi connectivity index (χ4n) is 1.30. The lowest BCUT2D eigenvalue weighted by molar-refractivity contribution is 0.112. The van der Waals surface area contributed by atoms with Crippen molar-refractivity contribution in [3.8, 4) is 11.5 Å². The minimum Gasteiger partial charge on any atom is -0.453 e. The molecular weight excluding hydrogens is 228 g/mol. The van der Waals surface area contributed by atoms with E-state index in [1.54, 1.807) is 42.3 Å². The van der Waals surface area contributed by atoms with Crippen LogP contribution in [0.25, 0.3) is 0 Å². The average molecular weight is 237 g/mol. The average Bonchev–Trinajstić information content (AvgIpc) is 2.64. The Morgan fingerprint density at radius 2 is 2.31 bits per heavy atom. The molecule has 2 aromatic rings. The van der Waals surface area contributed by atoms with Gasteiger partial charge in [-0.2, -0.15) is 5.10 Å². The van der Waals surface area contributed by atoms with E-state index < -0.39 is 0 Å². The highest BCUT2D eigenvalue weighted by atomic mass is 35.5. The van der Waals surface area contributed by atoms with Gasteiger partial charge in [0.05, 0.1) is 23.0 Å². The zero-order chi connectivity index (χ0) is 11.5. The molecule has 1 aromatic heterocycles. The second kappa shape index (κ2) is 4.37. The Labute approximate surface area is 97.4 Å². The topological polar surface area (TPSA) is 44.1 Å². The summed E-state index contributed by atoms with van der Waals surface area (Å²) in [7, 11) is 1.78. The summed E-state index contributed by atoms with van der Waals surface area (Å²) in [4.78, 5) is 10.9. The Hall–Kier alpha value is -1.81. The van der Waals surface area contributed by atoms with E-state index in [0.29, 0.717) is 28.4 Å². The minimum atomic E-state index is 0.341. The first-order chi connectivity index (χ1) is 7.70. The summed E-state index contributed by atoms with van der Waals surface area (Å²) in [5.74, 6) is 0.989. The molecule has 4 nitrogen and oxygen atoms in total. The van der Waals surface area contributed by atoms with Gasteiger partial charge in [0.1, 0.15) is 5.75 Å². The number of aldehydes is 1. The molecule has 0 spiro atoms. The molecule has 82 valence electrons. The Kier molecular flexibility index (Phi) is 2.92. The lowest BCUT2D eigenvalue weighted by Gasteiger charge is -2.06. The molecular formula is C11H9ClN2O2. The van der Waals surface area contributed by atoms with E-state index in [1.165, 1.54) is 0 Å². The molecule has 0 fully saturated rings. The van der Waals surface area contributed by atoms with Gasteiger partial charge < -0.3 is 4.74 Å². The number of ether oxygens (including phenoxy) is 1. The maximum absolute atomic E-state index is 10.9. The number of aryl methyl sites for hydroxylation is 1. The van der Waals surface area contributed by atoms with Crippen molar-refractivity contribution in [2.24, 2.45) is 7.05 Å². The van der Waals surface area contributed by atoms with E-state index in [4.69, 9.17) is 16.3 Å². The van der Waals surface area contributed by atoms with Gasteiger partial charge in [-0.1, -0.05) is 17.7 Å². The van der Waals surface area contributed by atoms with Crippen molar-refractivity contribution in [1.82, 2.24) is 9.78 Å². The first-order valence-electron chi connectivity index (χ1n) is 4.61. The van der Waals surface area contributed by atoms with Crippen LogP contribution < -0.4 is 4.74 Å². The molecule has 0 aliphatic heterocycles. The molecule has 0 aliphatic carbocycles. The number of carbonyl (C=O) groups excluding carboxylic acids is 1. The highest BCUT2D eigenvalue weighted by molar-refractivity contribution is 6.33. The first-order valence-corrected chi connectivity index (χ1v) is 4.98. The summed E-state index contributed by atoms with van der Waals surface area (Å²) < 4.78 is 7.11. The van der Waals surface area contributed by atoms with Crippen LogP contribution in [0, 0.1) is 0 Å². The lowest BCUT2D eigenvalue weighted by atomic mass is 10.2. The number of benzene rings is 1. The number of nitrogens with zero attached hydrogens (tertiary/aromatic N) is 2. The second-order valence-electron chi connectivity index (χ2n) is 3.22. The van der Waals surface area contributed by atoms with E-state index in [2.05, 4.69) is 5.10 Å². The maximum atomic E-state index is 10.9. The fourth-order valence-corrected chi connectivity index (χ4v) is 1.51. The van der Waals surface area contributed by atoms with Gasteiger partial charge in [-0.15, -0.1) is 0 Å². The summed E-state index contributed by atoms with van der Waals surface area (Å²) in [6, 6.07) is 5.05. The van der Waals surface area contributed by atoms with E-state index in [9.17, 15) is 4.79 Å². The normalized spacial score (nSPS) is 10.1. The Morgan fingerprint density at radius 1 is 1.50 bits per heavy atom. The molecule has 0 unspecified atom stereocenters. The Morgan fingerprint density at radius 3 is 2.94 bits per heavy atom. The van der Waals surface area contributed by atoms with E-state index in [1.807, 2.05) is 0 Å². The SMILES string of the molecule is Cn1cc(Oc2cccc(Cl)c2C=O)cn1. The summed E-state index contributed by atoms with van der Waals surface area (Å²) in [5, 5.41) is 4.33. The van der Waals surface area contributed by atoms with E-state index in [0.717, 1.165) is 0 Å². The molecule has 0 radical (unpaired) electrons. The standard InChI is InChI=1S/C11H9ClN2O2/c1-14-6-8(5-13-14)16-11-4-2-3-10(12)9(11)7-15/h2-7H,1H3. The monoisotopic (exact) mass is 236 g/mol. The molecule has 0 N–H and O–H groups in total. The smallest absolute Gasteiger partial charge is 0.165 e. The van der Waals surface area contributed by atoms with Crippen molar-refractivity contribution in [2.45, 2.75) is 0 Å². The van der Waals surface area contributed by atoms with Gasteiger partial charge in [0.2, 0.25) is 0 Å². The van der Waals surface area contributed by atoms with Crippen LogP contribution in [-0.4, -0.2) is 16.1 Å². The zero-order valence-electron chi connectivity index (χ0n) is 8.55. The summed E-state index contributed by atoms with van der Waals surface area (Å²) >= 11 is 5.87. The molecule has 16 heavy (non-hydrogen) atoms. The lowest BCUT2D eigenvalue weighted by Crippen LogP contribution is -1.90. The van der Waals surface area contributed by atoms with Crippen LogP contribution in [0.3, 0.4) is 0 Å². The van der Waals surface area contributed by atoms with Gasteiger partial charge in [-0.3, -0.25) is 9.48 Å². The highest BCUT2D eigenvalue weighted by Crippen LogP contribution is 2.28. The summed E-state index contributed by atoms with van der Waals surface area (Å²) in [6.45, 7) is 0. The van der Waals surface area contributed by atoms with E-state index in [-0.39, 0.29) is 0 Å². The van der Waals surface area contributed by atoms with E-state index >= 15 is 0 Å². The molecule has 1 heterocycles. The van der Waals surface area contributed by atoms with Crippen LogP contribution in [0.2, 0.25) is 5.02 Å². The number of hydrogen-bond acceptors (Lipinski definition) is 3. The van der Waals surface area contributed by atoms with Crippen LogP contribution >= 0.6 is 11.6 Å². The quantitative estimate of drug-likeness (QED) is 0.770. The molecule has 0 aliphatic rings. The van der Waals surface area contributed by atoms with Crippen LogP contribution in [0.15, 0.2) is 30.6 Å². The minimum absolute atomic E-state index is 0.341. The number of carbonyl (C=O) groups is 1. The van der Waals surface area contributed by atoms with Crippen molar-refractivity contribution in [1.29, 1.82) is 0 Å². The third-order valence-electron chi connectivity index (χ3n) is 2.04. The number of halogens is 1. The number of aromatic nitrogens is 2. The van der Waals surface area contributed by atoms with Gasteiger partial charge in [0.25, 0.3) is 0 Å². The molecule has 5 heteroatoms. The highest BCUT2D eigenvalue weighted by Gasteiger charge is 2.08. The maximum Gasteiger partial charge on any atom is 0.165 e. The van der Waals surface area contributed by atoms with Crippen molar-refractivity contribution in [3.63, 3.8) is 0 Å². The van der Waals surface area contributed by atoms with Gasteiger partial charge in [-0.25, -0.2) is 0 Å². The summed E-state index contributed by atoms with van der Waals surface area (Å²) in [5.41, 5.74) is 0.341. The van der Waals surface area contributed by atoms with Gasteiger partial charge in [0.15, 0.2) is 12.0 Å². The van der Waals surface area contributed by atoms with Crippen LogP contribution in [0.1, 0.15) is 10.4 Å². The largest absolute Gasteiger partial charge is 0.453 e. The molecule has 0 atom stereocenters. The Balaban J connectivity index is 2.34. The van der Waals surface area contributed by atoms with Crippen LogP contribution in [-0.2, 0) is 7.05 Å².